The number of rotatable bonds is 4. The summed E-state index contributed by atoms with van der Waals surface area (Å²) in [5.41, 5.74) is 0.866. The van der Waals surface area contributed by atoms with Crippen LogP contribution in [0.3, 0.4) is 0 Å². The number of carbonyl (C=O) groups is 1. The topological polar surface area (TPSA) is 60.8 Å². The smallest absolute Gasteiger partial charge is 0.306 e. The number of hydrogen-bond acceptors (Lipinski definition) is 3. The van der Waals surface area contributed by atoms with E-state index in [2.05, 4.69) is 20.8 Å². The van der Waals surface area contributed by atoms with Crippen molar-refractivity contribution in [3.05, 3.63) is 28.2 Å². The Bertz CT molecular complexity index is 458. The van der Waals surface area contributed by atoms with Gasteiger partial charge in [0.1, 0.15) is 5.75 Å². The SMILES string of the molecule is CC(C(=O)O)C1CN(Cc2cc(Br)ccc2O)C1. The van der Waals surface area contributed by atoms with Crippen molar-refractivity contribution in [2.24, 2.45) is 11.8 Å². The lowest BCUT2D eigenvalue weighted by Crippen LogP contribution is -2.50. The van der Waals surface area contributed by atoms with E-state index in [0.29, 0.717) is 6.54 Å². The molecule has 1 unspecified atom stereocenters. The van der Waals surface area contributed by atoms with Gasteiger partial charge < -0.3 is 10.2 Å². The van der Waals surface area contributed by atoms with Crippen LogP contribution in [0.15, 0.2) is 22.7 Å². The Hall–Kier alpha value is -1.07. The molecule has 18 heavy (non-hydrogen) atoms. The third-order valence-electron chi connectivity index (χ3n) is 3.52. The summed E-state index contributed by atoms with van der Waals surface area (Å²) in [6, 6.07) is 5.35. The fraction of sp³-hybridized carbons (Fsp3) is 0.462. The van der Waals surface area contributed by atoms with E-state index >= 15 is 0 Å². The predicted octanol–water partition coefficient (Wildman–Crippen LogP) is 2.31. The summed E-state index contributed by atoms with van der Waals surface area (Å²) in [5.74, 6) is -0.521. The van der Waals surface area contributed by atoms with E-state index in [1.165, 1.54) is 0 Å². The van der Waals surface area contributed by atoms with Gasteiger partial charge in [0, 0.05) is 29.7 Å². The average Bonchev–Trinajstić information content (AvgIpc) is 2.26. The molecule has 1 atom stereocenters. The number of halogens is 1. The highest BCUT2D eigenvalue weighted by Crippen LogP contribution is 2.29. The summed E-state index contributed by atoms with van der Waals surface area (Å²) in [7, 11) is 0. The first-order valence-corrected chi connectivity index (χ1v) is 6.69. The van der Waals surface area contributed by atoms with Crippen molar-refractivity contribution in [2.75, 3.05) is 13.1 Å². The molecule has 1 aliphatic heterocycles. The normalized spacial score (nSPS) is 18.3. The van der Waals surface area contributed by atoms with Crippen LogP contribution in [0.25, 0.3) is 0 Å². The Balaban J connectivity index is 1.90. The van der Waals surface area contributed by atoms with E-state index in [-0.39, 0.29) is 17.6 Å². The second kappa shape index (κ2) is 5.28. The lowest BCUT2D eigenvalue weighted by molar-refractivity contribution is -0.145. The van der Waals surface area contributed by atoms with Crippen molar-refractivity contribution in [1.82, 2.24) is 4.90 Å². The third-order valence-corrected chi connectivity index (χ3v) is 4.01. The number of benzene rings is 1. The molecule has 2 rings (SSSR count). The van der Waals surface area contributed by atoms with Crippen LogP contribution < -0.4 is 0 Å². The first-order chi connectivity index (χ1) is 8.47. The lowest BCUT2D eigenvalue weighted by atomic mass is 9.87. The number of hydrogen-bond donors (Lipinski definition) is 2. The van der Waals surface area contributed by atoms with E-state index < -0.39 is 5.97 Å². The average molecular weight is 314 g/mol. The van der Waals surface area contributed by atoms with Gasteiger partial charge in [0.2, 0.25) is 0 Å². The zero-order valence-electron chi connectivity index (χ0n) is 10.1. The number of likely N-dealkylation sites (tertiary alicyclic amines) is 1. The number of nitrogens with zero attached hydrogens (tertiary/aromatic N) is 1. The van der Waals surface area contributed by atoms with Crippen molar-refractivity contribution in [3.63, 3.8) is 0 Å². The van der Waals surface area contributed by atoms with Crippen LogP contribution in [0.1, 0.15) is 12.5 Å². The maximum Gasteiger partial charge on any atom is 0.306 e. The Morgan fingerprint density at radius 3 is 2.83 bits per heavy atom. The summed E-state index contributed by atoms with van der Waals surface area (Å²) in [6.45, 7) is 3.97. The molecule has 1 aromatic carbocycles. The molecular weight excluding hydrogens is 298 g/mol. The van der Waals surface area contributed by atoms with Gasteiger partial charge in [0.25, 0.3) is 0 Å². The highest BCUT2D eigenvalue weighted by molar-refractivity contribution is 9.10. The molecule has 0 saturated carbocycles. The van der Waals surface area contributed by atoms with Gasteiger partial charge in [0.15, 0.2) is 0 Å². The minimum absolute atomic E-state index is 0.219. The van der Waals surface area contributed by atoms with Gasteiger partial charge in [-0.25, -0.2) is 0 Å². The minimum atomic E-state index is -0.732. The molecule has 1 aromatic rings. The first-order valence-electron chi connectivity index (χ1n) is 5.90. The number of carboxylic acid groups (broad SMARTS) is 1. The molecule has 0 aromatic heterocycles. The minimum Gasteiger partial charge on any atom is -0.508 e. The predicted molar refractivity (Wildman–Crippen MR) is 71.4 cm³/mol. The van der Waals surface area contributed by atoms with Crippen LogP contribution in [-0.4, -0.2) is 34.2 Å². The largest absolute Gasteiger partial charge is 0.508 e. The Morgan fingerprint density at radius 1 is 1.56 bits per heavy atom. The molecule has 1 saturated heterocycles. The molecule has 4 nitrogen and oxygen atoms in total. The van der Waals surface area contributed by atoms with E-state index in [9.17, 15) is 9.90 Å². The molecule has 1 heterocycles. The van der Waals surface area contributed by atoms with Gasteiger partial charge in [0.05, 0.1) is 5.92 Å². The van der Waals surface area contributed by atoms with E-state index in [1.54, 1.807) is 19.1 Å². The van der Waals surface area contributed by atoms with E-state index in [4.69, 9.17) is 5.11 Å². The van der Waals surface area contributed by atoms with Crippen molar-refractivity contribution in [2.45, 2.75) is 13.5 Å². The van der Waals surface area contributed by atoms with Gasteiger partial charge in [-0.1, -0.05) is 22.9 Å². The zero-order valence-corrected chi connectivity index (χ0v) is 11.7. The molecule has 0 aliphatic carbocycles. The number of phenols is 1. The summed E-state index contributed by atoms with van der Waals surface area (Å²) < 4.78 is 0.936. The quantitative estimate of drug-likeness (QED) is 0.895. The van der Waals surface area contributed by atoms with Crippen LogP contribution in [-0.2, 0) is 11.3 Å². The standard InChI is InChI=1S/C13H16BrNO3/c1-8(13(17)18)10-6-15(7-10)5-9-4-11(14)2-3-12(9)16/h2-4,8,10,16H,5-7H2,1H3,(H,17,18). The maximum atomic E-state index is 10.8. The number of aliphatic carboxylic acids is 1. The summed E-state index contributed by atoms with van der Waals surface area (Å²) in [6.07, 6.45) is 0. The van der Waals surface area contributed by atoms with Gasteiger partial charge in [-0.3, -0.25) is 9.69 Å². The number of phenolic OH excluding ortho intramolecular Hbond substituents is 1. The molecule has 0 radical (unpaired) electrons. The Kier molecular flexibility index (Phi) is 3.92. The van der Waals surface area contributed by atoms with Crippen molar-refractivity contribution >= 4 is 21.9 Å². The number of aromatic hydroxyl groups is 1. The lowest BCUT2D eigenvalue weighted by Gasteiger charge is -2.41. The molecule has 98 valence electrons. The molecule has 2 N–H and O–H groups in total. The third kappa shape index (κ3) is 2.84. The Labute approximate surface area is 114 Å². The molecule has 1 fully saturated rings. The fourth-order valence-electron chi connectivity index (χ4n) is 2.18. The van der Waals surface area contributed by atoms with Gasteiger partial charge >= 0.3 is 5.97 Å². The monoisotopic (exact) mass is 313 g/mol. The molecule has 1 aliphatic rings. The fourth-order valence-corrected chi connectivity index (χ4v) is 2.59. The van der Waals surface area contributed by atoms with Gasteiger partial charge in [-0.15, -0.1) is 0 Å². The Morgan fingerprint density at radius 2 is 2.22 bits per heavy atom. The second-order valence-corrected chi connectivity index (χ2v) is 5.77. The highest BCUT2D eigenvalue weighted by Gasteiger charge is 2.34. The van der Waals surface area contributed by atoms with Gasteiger partial charge in [-0.05, 0) is 24.1 Å². The maximum absolute atomic E-state index is 10.8. The van der Waals surface area contributed by atoms with Crippen molar-refractivity contribution in [1.29, 1.82) is 0 Å². The molecule has 0 bridgehead atoms. The zero-order chi connectivity index (χ0) is 13.3. The van der Waals surface area contributed by atoms with Crippen molar-refractivity contribution in [3.8, 4) is 5.75 Å². The van der Waals surface area contributed by atoms with Crippen LogP contribution in [0.2, 0.25) is 0 Å². The summed E-state index contributed by atoms with van der Waals surface area (Å²) in [5, 5.41) is 18.6. The van der Waals surface area contributed by atoms with Crippen molar-refractivity contribution < 1.29 is 15.0 Å². The molecule has 0 amide bonds. The molecule has 5 heteroatoms. The molecule has 0 spiro atoms. The summed E-state index contributed by atoms with van der Waals surface area (Å²) in [4.78, 5) is 13.0. The van der Waals surface area contributed by atoms with Crippen LogP contribution in [0.5, 0.6) is 5.75 Å². The van der Waals surface area contributed by atoms with Gasteiger partial charge in [-0.2, -0.15) is 0 Å². The van der Waals surface area contributed by atoms with Crippen LogP contribution in [0, 0.1) is 11.8 Å². The van der Waals surface area contributed by atoms with Crippen LogP contribution >= 0.6 is 15.9 Å². The van der Waals surface area contributed by atoms with E-state index in [1.807, 2.05) is 6.07 Å². The number of carboxylic acids is 1. The van der Waals surface area contributed by atoms with E-state index in [0.717, 1.165) is 23.1 Å². The van der Waals surface area contributed by atoms with Crippen LogP contribution in [0.4, 0.5) is 0 Å². The molecular formula is C13H16BrNO3. The second-order valence-electron chi connectivity index (χ2n) is 4.85. The first kappa shape index (κ1) is 13.4. The highest BCUT2D eigenvalue weighted by atomic mass is 79.9. The summed E-state index contributed by atoms with van der Waals surface area (Å²) >= 11 is 3.37.